The fraction of sp³-hybridized carbons (Fsp3) is 0.286. The molecule has 4 amide bonds. The minimum atomic E-state index is -1.76. The van der Waals surface area contributed by atoms with Crippen molar-refractivity contribution in [1.29, 1.82) is 0 Å². The number of carbonyl (C=O) groups is 3. The maximum absolute atomic E-state index is 13.8. The first-order valence-corrected chi connectivity index (χ1v) is 9.53. The van der Waals surface area contributed by atoms with E-state index in [1.807, 2.05) is 12.2 Å². The van der Waals surface area contributed by atoms with Gasteiger partial charge in [-0.3, -0.25) is 14.5 Å². The molecule has 0 bridgehead atoms. The van der Waals surface area contributed by atoms with Crippen LogP contribution in [0.15, 0.2) is 36.4 Å². The molecule has 0 aromatic heterocycles. The van der Waals surface area contributed by atoms with Gasteiger partial charge in [-0.05, 0) is 36.2 Å². The van der Waals surface area contributed by atoms with Crippen molar-refractivity contribution in [2.24, 2.45) is 0 Å². The van der Waals surface area contributed by atoms with Crippen LogP contribution in [0, 0.1) is 23.3 Å². The van der Waals surface area contributed by atoms with E-state index in [0.29, 0.717) is 29.4 Å². The van der Waals surface area contributed by atoms with Crippen molar-refractivity contribution >= 4 is 23.5 Å². The molecule has 1 aliphatic rings. The number of nitrogens with one attached hydrogen (secondary N) is 2. The first kappa shape index (κ1) is 22.3. The molecule has 1 fully saturated rings. The second-order valence-electron chi connectivity index (χ2n) is 7.11. The van der Waals surface area contributed by atoms with E-state index in [-0.39, 0.29) is 6.42 Å². The Morgan fingerprint density at radius 2 is 1.71 bits per heavy atom. The predicted molar refractivity (Wildman–Crippen MR) is 103 cm³/mol. The minimum Gasteiger partial charge on any atom is -0.322 e. The van der Waals surface area contributed by atoms with Gasteiger partial charge < -0.3 is 10.6 Å². The lowest BCUT2D eigenvalue weighted by atomic mass is 9.85. The molecule has 2 N–H and O–H groups in total. The molecule has 1 aliphatic heterocycles. The number of hydrogen-bond acceptors (Lipinski definition) is 3. The Labute approximate surface area is 175 Å². The number of halogens is 4. The third-order valence-corrected chi connectivity index (χ3v) is 5.03. The zero-order valence-corrected chi connectivity index (χ0v) is 16.5. The van der Waals surface area contributed by atoms with Gasteiger partial charge in [0, 0.05) is 0 Å². The number of unbranched alkanes of at least 4 members (excludes halogenated alkanes) is 1. The molecule has 1 saturated heterocycles. The summed E-state index contributed by atoms with van der Waals surface area (Å²) in [6, 6.07) is 5.67. The third kappa shape index (κ3) is 4.23. The molecule has 0 aliphatic carbocycles. The highest BCUT2D eigenvalue weighted by Gasteiger charge is 2.52. The fourth-order valence-electron chi connectivity index (χ4n) is 3.41. The van der Waals surface area contributed by atoms with E-state index in [4.69, 9.17) is 0 Å². The van der Waals surface area contributed by atoms with Gasteiger partial charge in [-0.2, -0.15) is 0 Å². The Kier molecular flexibility index (Phi) is 6.28. The third-order valence-electron chi connectivity index (χ3n) is 5.03. The van der Waals surface area contributed by atoms with Gasteiger partial charge in [0.2, 0.25) is 5.91 Å². The van der Waals surface area contributed by atoms with Crippen LogP contribution >= 0.6 is 0 Å². The van der Waals surface area contributed by atoms with Gasteiger partial charge in [0.1, 0.15) is 17.9 Å². The van der Waals surface area contributed by atoms with Gasteiger partial charge in [-0.25, -0.2) is 22.4 Å². The Bertz CT molecular complexity index is 1030. The molecule has 1 heterocycles. The summed E-state index contributed by atoms with van der Waals surface area (Å²) in [7, 11) is 0. The molecular weight excluding hydrogens is 418 g/mol. The van der Waals surface area contributed by atoms with Crippen LogP contribution in [0.5, 0.6) is 0 Å². The lowest BCUT2D eigenvalue weighted by Gasteiger charge is -2.27. The largest absolute Gasteiger partial charge is 0.325 e. The van der Waals surface area contributed by atoms with Gasteiger partial charge in [0.25, 0.3) is 5.91 Å². The van der Waals surface area contributed by atoms with Crippen LogP contribution in [-0.2, 0) is 15.1 Å². The summed E-state index contributed by atoms with van der Waals surface area (Å²) < 4.78 is 53.5. The van der Waals surface area contributed by atoms with Crippen molar-refractivity contribution < 1.29 is 31.9 Å². The molecule has 31 heavy (non-hydrogen) atoms. The average molecular weight is 437 g/mol. The van der Waals surface area contributed by atoms with Crippen molar-refractivity contribution in [3.8, 4) is 0 Å². The molecule has 0 radical (unpaired) electrons. The van der Waals surface area contributed by atoms with Crippen LogP contribution in [-0.4, -0.2) is 29.3 Å². The number of anilines is 1. The van der Waals surface area contributed by atoms with Crippen LogP contribution in [0.2, 0.25) is 0 Å². The van der Waals surface area contributed by atoms with E-state index in [1.165, 1.54) is 12.1 Å². The molecule has 3 rings (SSSR count). The molecule has 0 saturated carbocycles. The maximum Gasteiger partial charge on any atom is 0.325 e. The molecule has 0 spiro atoms. The van der Waals surface area contributed by atoms with Crippen LogP contribution in [0.3, 0.4) is 0 Å². The second kappa shape index (κ2) is 8.75. The first-order chi connectivity index (χ1) is 14.7. The summed E-state index contributed by atoms with van der Waals surface area (Å²) in [6.07, 6.45) is 1.49. The number of urea groups is 1. The Morgan fingerprint density at radius 1 is 1.03 bits per heavy atom. The van der Waals surface area contributed by atoms with Crippen LogP contribution in [0.4, 0.5) is 28.0 Å². The van der Waals surface area contributed by atoms with Crippen molar-refractivity contribution in [2.75, 3.05) is 11.9 Å². The van der Waals surface area contributed by atoms with Crippen molar-refractivity contribution in [1.82, 2.24) is 10.2 Å². The fourth-order valence-corrected chi connectivity index (χ4v) is 3.41. The van der Waals surface area contributed by atoms with E-state index in [2.05, 4.69) is 5.32 Å². The highest BCUT2D eigenvalue weighted by atomic mass is 19.2. The Morgan fingerprint density at radius 3 is 2.35 bits per heavy atom. The Balaban J connectivity index is 1.83. The first-order valence-electron chi connectivity index (χ1n) is 9.53. The summed E-state index contributed by atoms with van der Waals surface area (Å²) >= 11 is 0. The number of rotatable bonds is 7. The van der Waals surface area contributed by atoms with Gasteiger partial charge in [0.15, 0.2) is 17.5 Å². The monoisotopic (exact) mass is 437 g/mol. The average Bonchev–Trinajstić information content (AvgIpc) is 2.98. The van der Waals surface area contributed by atoms with Crippen molar-refractivity contribution in [2.45, 2.75) is 31.7 Å². The SMILES string of the molecule is CCCCC1(c2ccc(F)cc2)NC(=O)N(CC(=O)Nc2ccc(F)c(F)c2F)C1=O. The van der Waals surface area contributed by atoms with Crippen LogP contribution in [0.1, 0.15) is 31.7 Å². The van der Waals surface area contributed by atoms with E-state index >= 15 is 0 Å². The lowest BCUT2D eigenvalue weighted by molar-refractivity contribution is -0.134. The molecule has 164 valence electrons. The summed E-state index contributed by atoms with van der Waals surface area (Å²) in [5.41, 5.74) is -1.75. The van der Waals surface area contributed by atoms with Gasteiger partial charge in [-0.15, -0.1) is 0 Å². The van der Waals surface area contributed by atoms with Crippen molar-refractivity contribution in [3.05, 3.63) is 65.2 Å². The highest BCUT2D eigenvalue weighted by molar-refractivity contribution is 6.10. The number of amides is 4. The zero-order valence-electron chi connectivity index (χ0n) is 16.5. The minimum absolute atomic E-state index is 0.218. The summed E-state index contributed by atoms with van der Waals surface area (Å²) in [6.45, 7) is 1.11. The van der Waals surface area contributed by atoms with Crippen LogP contribution < -0.4 is 10.6 Å². The summed E-state index contributed by atoms with van der Waals surface area (Å²) in [5.74, 6) is -7.02. The topological polar surface area (TPSA) is 78.5 Å². The Hall–Kier alpha value is -3.43. The predicted octanol–water partition coefficient (Wildman–Crippen LogP) is 3.82. The molecular formula is C21H19F4N3O3. The van der Waals surface area contributed by atoms with E-state index in [1.54, 1.807) is 0 Å². The van der Waals surface area contributed by atoms with Crippen molar-refractivity contribution in [3.63, 3.8) is 0 Å². The molecule has 10 heteroatoms. The molecule has 2 aromatic rings. The number of benzene rings is 2. The molecule has 1 unspecified atom stereocenters. The quantitative estimate of drug-likeness (QED) is 0.393. The van der Waals surface area contributed by atoms with E-state index < -0.39 is 58.9 Å². The van der Waals surface area contributed by atoms with E-state index in [0.717, 1.165) is 18.2 Å². The van der Waals surface area contributed by atoms with Gasteiger partial charge >= 0.3 is 6.03 Å². The number of hydrogen-bond donors (Lipinski definition) is 2. The van der Waals surface area contributed by atoms with Gasteiger partial charge in [-0.1, -0.05) is 31.9 Å². The second-order valence-corrected chi connectivity index (χ2v) is 7.11. The normalized spacial score (nSPS) is 18.3. The number of carbonyl (C=O) groups excluding carboxylic acids is 3. The summed E-state index contributed by atoms with van der Waals surface area (Å²) in [5, 5.41) is 4.61. The summed E-state index contributed by atoms with van der Waals surface area (Å²) in [4.78, 5) is 38.6. The standard InChI is InChI=1S/C21H19F4N3O3/c1-2-3-10-21(12-4-6-13(22)7-5-12)19(30)28(20(31)27-21)11-16(29)26-15-9-8-14(23)17(24)18(15)25/h4-9H,2-3,10-11H2,1H3,(H,26,29)(H,27,31). The lowest BCUT2D eigenvalue weighted by Crippen LogP contribution is -2.44. The highest BCUT2D eigenvalue weighted by Crippen LogP contribution is 2.34. The maximum atomic E-state index is 13.8. The molecule has 1 atom stereocenters. The molecule has 6 nitrogen and oxygen atoms in total. The smallest absolute Gasteiger partial charge is 0.322 e. The zero-order chi connectivity index (χ0) is 22.8. The number of nitrogens with zero attached hydrogens (tertiary/aromatic N) is 1. The van der Waals surface area contributed by atoms with Crippen LogP contribution in [0.25, 0.3) is 0 Å². The molecule has 2 aromatic carbocycles. The van der Waals surface area contributed by atoms with E-state index in [9.17, 15) is 31.9 Å². The van der Waals surface area contributed by atoms with Gasteiger partial charge in [0.05, 0.1) is 5.69 Å². The number of imide groups is 1.